The molecule has 1 aliphatic rings. The van der Waals surface area contributed by atoms with Crippen molar-refractivity contribution in [2.45, 2.75) is 13.0 Å². The van der Waals surface area contributed by atoms with Gasteiger partial charge in [-0.05, 0) is 55.5 Å². The first kappa shape index (κ1) is 23.3. The monoisotopic (exact) mass is 438 g/mol. The molecule has 0 bridgehead atoms. The fraction of sp³-hybridized carbons (Fsp3) is 0.375. The molecule has 2 aromatic rings. The highest BCUT2D eigenvalue weighted by Gasteiger charge is 2.25. The molecule has 1 unspecified atom stereocenters. The molecule has 2 aromatic carbocycles. The van der Waals surface area contributed by atoms with Gasteiger partial charge in [-0.25, -0.2) is 4.79 Å². The Labute approximate surface area is 188 Å². The van der Waals surface area contributed by atoms with E-state index in [1.165, 1.54) is 12.0 Å². The molecule has 8 heteroatoms. The summed E-state index contributed by atoms with van der Waals surface area (Å²) in [5, 5.41) is 2.91. The number of esters is 1. The van der Waals surface area contributed by atoms with E-state index >= 15 is 0 Å². The molecule has 170 valence electrons. The Morgan fingerprint density at radius 1 is 1.00 bits per heavy atom. The minimum atomic E-state index is -0.348. The number of methoxy groups -OCH3 is 1. The quantitative estimate of drug-likeness (QED) is 0.697. The van der Waals surface area contributed by atoms with Crippen LogP contribution in [0.15, 0.2) is 48.5 Å². The van der Waals surface area contributed by atoms with Crippen LogP contribution in [0, 0.1) is 0 Å². The van der Waals surface area contributed by atoms with Crippen LogP contribution < -0.4 is 10.2 Å². The molecule has 1 saturated heterocycles. The molecule has 0 spiro atoms. The summed E-state index contributed by atoms with van der Waals surface area (Å²) in [5.74, 6) is -0.506. The SMILES string of the molecule is COC(=O)c1ccc(N2CCN(CC(=O)Nc3ccc(C(=O)N(C)C)cc3)C(C)C2)cc1. The van der Waals surface area contributed by atoms with E-state index in [2.05, 4.69) is 22.0 Å². The number of piperazine rings is 1. The van der Waals surface area contributed by atoms with Crippen molar-refractivity contribution in [2.24, 2.45) is 0 Å². The zero-order valence-corrected chi connectivity index (χ0v) is 19.0. The first-order valence-corrected chi connectivity index (χ1v) is 10.6. The van der Waals surface area contributed by atoms with Gasteiger partial charge in [0.25, 0.3) is 5.91 Å². The van der Waals surface area contributed by atoms with Crippen molar-refractivity contribution in [1.82, 2.24) is 9.80 Å². The number of anilines is 2. The molecule has 1 heterocycles. The third-order valence-corrected chi connectivity index (χ3v) is 5.59. The van der Waals surface area contributed by atoms with Gasteiger partial charge in [-0.2, -0.15) is 0 Å². The average Bonchev–Trinajstić information content (AvgIpc) is 2.80. The predicted molar refractivity (Wildman–Crippen MR) is 124 cm³/mol. The van der Waals surface area contributed by atoms with E-state index in [0.29, 0.717) is 23.4 Å². The van der Waals surface area contributed by atoms with Gasteiger partial charge in [-0.15, -0.1) is 0 Å². The molecule has 3 rings (SSSR count). The fourth-order valence-corrected chi connectivity index (χ4v) is 3.73. The van der Waals surface area contributed by atoms with Crippen molar-refractivity contribution in [3.8, 4) is 0 Å². The van der Waals surface area contributed by atoms with E-state index in [1.54, 1.807) is 50.5 Å². The van der Waals surface area contributed by atoms with Crippen LogP contribution in [0.3, 0.4) is 0 Å². The number of benzene rings is 2. The summed E-state index contributed by atoms with van der Waals surface area (Å²) in [7, 11) is 4.78. The van der Waals surface area contributed by atoms with Crippen molar-refractivity contribution in [3.05, 3.63) is 59.7 Å². The third-order valence-electron chi connectivity index (χ3n) is 5.59. The minimum absolute atomic E-state index is 0.0745. The molecule has 0 saturated carbocycles. The number of hydrogen-bond donors (Lipinski definition) is 1. The number of rotatable bonds is 6. The van der Waals surface area contributed by atoms with Gasteiger partial charge >= 0.3 is 5.97 Å². The maximum absolute atomic E-state index is 12.5. The number of amides is 2. The Morgan fingerprint density at radius 3 is 2.19 bits per heavy atom. The van der Waals surface area contributed by atoms with Crippen LogP contribution in [-0.2, 0) is 9.53 Å². The normalized spacial score (nSPS) is 16.4. The van der Waals surface area contributed by atoms with E-state index in [9.17, 15) is 14.4 Å². The zero-order valence-electron chi connectivity index (χ0n) is 19.0. The van der Waals surface area contributed by atoms with Crippen molar-refractivity contribution in [3.63, 3.8) is 0 Å². The van der Waals surface area contributed by atoms with Gasteiger partial charge < -0.3 is 19.9 Å². The molecular weight excluding hydrogens is 408 g/mol. The molecule has 1 atom stereocenters. The molecule has 0 aliphatic carbocycles. The van der Waals surface area contributed by atoms with Gasteiger partial charge in [0.05, 0.1) is 19.2 Å². The maximum Gasteiger partial charge on any atom is 0.337 e. The summed E-state index contributed by atoms with van der Waals surface area (Å²) in [5.41, 5.74) is 2.82. The number of hydrogen-bond acceptors (Lipinski definition) is 6. The largest absolute Gasteiger partial charge is 0.465 e. The summed E-state index contributed by atoms with van der Waals surface area (Å²) in [6.07, 6.45) is 0. The highest BCUT2D eigenvalue weighted by Crippen LogP contribution is 2.20. The van der Waals surface area contributed by atoms with Crippen LogP contribution in [0.5, 0.6) is 0 Å². The highest BCUT2D eigenvalue weighted by atomic mass is 16.5. The van der Waals surface area contributed by atoms with E-state index in [1.807, 2.05) is 12.1 Å². The molecule has 0 radical (unpaired) electrons. The lowest BCUT2D eigenvalue weighted by atomic mass is 10.1. The minimum Gasteiger partial charge on any atom is -0.465 e. The van der Waals surface area contributed by atoms with Gasteiger partial charge in [-0.1, -0.05) is 0 Å². The second-order valence-electron chi connectivity index (χ2n) is 8.13. The third kappa shape index (κ3) is 5.64. The maximum atomic E-state index is 12.5. The van der Waals surface area contributed by atoms with Crippen LogP contribution in [0.25, 0.3) is 0 Å². The number of carbonyl (C=O) groups is 3. The van der Waals surface area contributed by atoms with Gasteiger partial charge in [0, 0.05) is 56.7 Å². The summed E-state index contributed by atoms with van der Waals surface area (Å²) in [6, 6.07) is 14.5. The van der Waals surface area contributed by atoms with Crippen molar-refractivity contribution in [1.29, 1.82) is 0 Å². The first-order valence-electron chi connectivity index (χ1n) is 10.6. The van der Waals surface area contributed by atoms with Crippen LogP contribution in [-0.4, -0.2) is 81.0 Å². The van der Waals surface area contributed by atoms with Gasteiger partial charge in [0.15, 0.2) is 0 Å². The average molecular weight is 439 g/mol. The van der Waals surface area contributed by atoms with E-state index in [4.69, 9.17) is 4.74 Å². The lowest BCUT2D eigenvalue weighted by molar-refractivity contribution is -0.117. The lowest BCUT2D eigenvalue weighted by Crippen LogP contribution is -2.53. The Bertz CT molecular complexity index is 957. The van der Waals surface area contributed by atoms with Crippen molar-refractivity contribution in [2.75, 3.05) is 57.6 Å². The molecular formula is C24H30N4O4. The first-order chi connectivity index (χ1) is 15.3. The molecule has 8 nitrogen and oxygen atoms in total. The summed E-state index contributed by atoms with van der Waals surface area (Å²) >= 11 is 0. The van der Waals surface area contributed by atoms with Gasteiger partial charge in [0.2, 0.25) is 5.91 Å². The molecule has 1 fully saturated rings. The molecule has 0 aromatic heterocycles. The molecule has 32 heavy (non-hydrogen) atoms. The summed E-state index contributed by atoms with van der Waals surface area (Å²) in [4.78, 5) is 42.0. The molecule has 2 amide bonds. The predicted octanol–water partition coefficient (Wildman–Crippen LogP) is 2.32. The molecule has 1 N–H and O–H groups in total. The topological polar surface area (TPSA) is 82.2 Å². The Hall–Kier alpha value is -3.39. The Kier molecular flexibility index (Phi) is 7.48. The number of nitrogens with zero attached hydrogens (tertiary/aromatic N) is 3. The molecule has 1 aliphatic heterocycles. The standard InChI is InChI=1S/C24H30N4O4/c1-17-15-28(21-11-7-19(8-12-21)24(31)32-4)14-13-27(17)16-22(29)25-20-9-5-18(6-10-20)23(30)26(2)3/h5-12,17H,13-16H2,1-4H3,(H,25,29). The lowest BCUT2D eigenvalue weighted by Gasteiger charge is -2.40. The summed E-state index contributed by atoms with van der Waals surface area (Å²) < 4.78 is 4.74. The van der Waals surface area contributed by atoms with Crippen LogP contribution in [0.4, 0.5) is 11.4 Å². The smallest absolute Gasteiger partial charge is 0.337 e. The van der Waals surface area contributed by atoms with Crippen molar-refractivity contribution < 1.29 is 19.1 Å². The number of nitrogens with one attached hydrogen (secondary N) is 1. The van der Waals surface area contributed by atoms with E-state index in [0.717, 1.165) is 25.3 Å². The summed E-state index contributed by atoms with van der Waals surface area (Å²) in [6.45, 7) is 4.73. The Morgan fingerprint density at radius 2 is 1.62 bits per heavy atom. The van der Waals surface area contributed by atoms with Crippen molar-refractivity contribution >= 4 is 29.2 Å². The second-order valence-corrected chi connectivity index (χ2v) is 8.13. The van der Waals surface area contributed by atoms with Crippen LogP contribution in [0.1, 0.15) is 27.6 Å². The fourth-order valence-electron chi connectivity index (χ4n) is 3.73. The van der Waals surface area contributed by atoms with Gasteiger partial charge in [-0.3, -0.25) is 14.5 Å². The Balaban J connectivity index is 1.52. The zero-order chi connectivity index (χ0) is 23.3. The number of ether oxygens (including phenoxy) is 1. The van der Waals surface area contributed by atoms with E-state index < -0.39 is 0 Å². The van der Waals surface area contributed by atoms with Crippen LogP contribution >= 0.6 is 0 Å². The second kappa shape index (κ2) is 10.3. The van der Waals surface area contributed by atoms with Gasteiger partial charge in [0.1, 0.15) is 0 Å². The van der Waals surface area contributed by atoms with E-state index in [-0.39, 0.29) is 23.8 Å². The highest BCUT2D eigenvalue weighted by molar-refractivity contribution is 5.96. The number of carbonyl (C=O) groups excluding carboxylic acids is 3. The van der Waals surface area contributed by atoms with Crippen LogP contribution in [0.2, 0.25) is 0 Å².